The number of piperazine rings is 1. The summed E-state index contributed by atoms with van der Waals surface area (Å²) in [5, 5.41) is 0. The van der Waals surface area contributed by atoms with Crippen molar-refractivity contribution in [2.45, 2.75) is 32.7 Å². The van der Waals surface area contributed by atoms with E-state index < -0.39 is 0 Å². The second kappa shape index (κ2) is 8.28. The molecular weight excluding hydrogens is 317 g/mol. The van der Waals surface area contributed by atoms with E-state index in [0.717, 1.165) is 57.8 Å². The Morgan fingerprint density at radius 3 is 2.56 bits per heavy atom. The molecule has 2 saturated heterocycles. The molecule has 2 heterocycles. The highest BCUT2D eigenvalue weighted by Crippen LogP contribution is 2.37. The molecular formula is C20H30FN3O. The van der Waals surface area contributed by atoms with E-state index in [1.807, 2.05) is 11.0 Å². The highest BCUT2D eigenvalue weighted by atomic mass is 19.1. The summed E-state index contributed by atoms with van der Waals surface area (Å²) < 4.78 is 13.6. The molecule has 2 atom stereocenters. The summed E-state index contributed by atoms with van der Waals surface area (Å²) in [6, 6.07) is 6.74. The van der Waals surface area contributed by atoms with E-state index in [2.05, 4.69) is 23.6 Å². The van der Waals surface area contributed by atoms with Crippen molar-refractivity contribution in [1.29, 1.82) is 0 Å². The quantitative estimate of drug-likeness (QED) is 0.819. The summed E-state index contributed by atoms with van der Waals surface area (Å²) in [5.74, 6) is 0.355. The van der Waals surface area contributed by atoms with Gasteiger partial charge in [0.1, 0.15) is 5.82 Å². The van der Waals surface area contributed by atoms with Crippen LogP contribution >= 0.6 is 0 Å². The van der Waals surface area contributed by atoms with Crippen molar-refractivity contribution in [3.8, 4) is 0 Å². The second-order valence-corrected chi connectivity index (χ2v) is 7.38. The maximum atomic E-state index is 13.6. The first-order chi connectivity index (χ1) is 12.1. The molecule has 0 radical (unpaired) electrons. The van der Waals surface area contributed by atoms with E-state index in [-0.39, 0.29) is 17.8 Å². The zero-order valence-corrected chi connectivity index (χ0v) is 15.5. The van der Waals surface area contributed by atoms with Crippen LogP contribution in [0.2, 0.25) is 0 Å². The van der Waals surface area contributed by atoms with Crippen molar-refractivity contribution in [3.63, 3.8) is 0 Å². The van der Waals surface area contributed by atoms with Gasteiger partial charge in [-0.15, -0.1) is 0 Å². The van der Waals surface area contributed by atoms with E-state index in [4.69, 9.17) is 0 Å². The Labute approximate surface area is 150 Å². The fourth-order valence-electron chi connectivity index (χ4n) is 4.15. The van der Waals surface area contributed by atoms with Gasteiger partial charge in [-0.3, -0.25) is 4.79 Å². The number of nitrogens with zero attached hydrogens (tertiary/aromatic N) is 3. The lowest BCUT2D eigenvalue weighted by molar-refractivity contribution is -0.133. The van der Waals surface area contributed by atoms with Crippen molar-refractivity contribution in [3.05, 3.63) is 35.6 Å². The number of rotatable bonds is 5. The van der Waals surface area contributed by atoms with E-state index in [0.29, 0.717) is 12.3 Å². The Balaban J connectivity index is 1.57. The maximum Gasteiger partial charge on any atom is 0.224 e. The monoisotopic (exact) mass is 347 g/mol. The lowest BCUT2D eigenvalue weighted by atomic mass is 9.95. The van der Waals surface area contributed by atoms with Gasteiger partial charge in [-0.05, 0) is 36.6 Å². The molecule has 0 spiro atoms. The first-order valence-electron chi connectivity index (χ1n) is 9.58. The van der Waals surface area contributed by atoms with Crippen molar-refractivity contribution >= 4 is 5.91 Å². The van der Waals surface area contributed by atoms with Crippen LogP contribution in [-0.4, -0.2) is 66.4 Å². The molecule has 2 aliphatic rings. The smallest absolute Gasteiger partial charge is 0.224 e. The van der Waals surface area contributed by atoms with Gasteiger partial charge in [0.2, 0.25) is 5.91 Å². The highest BCUT2D eigenvalue weighted by Gasteiger charge is 2.35. The molecule has 138 valence electrons. The third-order valence-corrected chi connectivity index (χ3v) is 5.76. The Morgan fingerprint density at radius 1 is 1.16 bits per heavy atom. The first kappa shape index (κ1) is 18.3. The van der Waals surface area contributed by atoms with Crippen molar-refractivity contribution in [2.75, 3.05) is 45.8 Å². The molecule has 2 aliphatic heterocycles. The summed E-state index contributed by atoms with van der Waals surface area (Å²) in [7, 11) is 0. The van der Waals surface area contributed by atoms with Crippen molar-refractivity contribution in [2.24, 2.45) is 5.92 Å². The SMILES string of the molecule is CCN1CCN(CCC(=O)N2CC[C@H](C)[C@H]2c2cccc(F)c2)CC1. The molecule has 3 rings (SSSR count). The van der Waals surface area contributed by atoms with E-state index in [1.54, 1.807) is 12.1 Å². The van der Waals surface area contributed by atoms with Gasteiger partial charge in [0.25, 0.3) is 0 Å². The third-order valence-electron chi connectivity index (χ3n) is 5.76. The minimum Gasteiger partial charge on any atom is -0.335 e. The average Bonchev–Trinajstić information content (AvgIpc) is 3.01. The molecule has 1 amide bonds. The predicted octanol–water partition coefficient (Wildman–Crippen LogP) is 2.76. The van der Waals surface area contributed by atoms with E-state index in [1.165, 1.54) is 6.07 Å². The molecule has 0 bridgehead atoms. The number of likely N-dealkylation sites (tertiary alicyclic amines) is 1. The maximum absolute atomic E-state index is 13.6. The molecule has 25 heavy (non-hydrogen) atoms. The molecule has 1 aromatic carbocycles. The second-order valence-electron chi connectivity index (χ2n) is 7.38. The van der Waals surface area contributed by atoms with Crippen LogP contribution < -0.4 is 0 Å². The van der Waals surface area contributed by atoms with E-state index >= 15 is 0 Å². The largest absolute Gasteiger partial charge is 0.335 e. The number of hydrogen-bond acceptors (Lipinski definition) is 3. The van der Waals surface area contributed by atoms with Crippen LogP contribution in [0.1, 0.15) is 38.3 Å². The zero-order valence-electron chi connectivity index (χ0n) is 15.5. The summed E-state index contributed by atoms with van der Waals surface area (Å²) >= 11 is 0. The van der Waals surface area contributed by atoms with Gasteiger partial charge in [0.15, 0.2) is 0 Å². The Hall–Kier alpha value is -1.46. The fourth-order valence-corrected chi connectivity index (χ4v) is 4.15. The highest BCUT2D eigenvalue weighted by molar-refractivity contribution is 5.77. The van der Waals surface area contributed by atoms with Crippen molar-refractivity contribution in [1.82, 2.24) is 14.7 Å². The zero-order chi connectivity index (χ0) is 17.8. The number of benzene rings is 1. The van der Waals surface area contributed by atoms with Gasteiger partial charge in [0, 0.05) is 45.7 Å². The molecule has 5 heteroatoms. The standard InChI is InChI=1S/C20H30FN3O/c1-3-22-11-13-23(14-12-22)9-8-19(25)24-10-7-16(2)20(24)17-5-4-6-18(21)15-17/h4-6,15-16,20H,3,7-14H2,1-2H3/t16-,20-/m0/s1. The average molecular weight is 347 g/mol. The number of likely N-dealkylation sites (N-methyl/N-ethyl adjacent to an activating group) is 1. The molecule has 0 N–H and O–H groups in total. The van der Waals surface area contributed by atoms with Crippen LogP contribution in [0.15, 0.2) is 24.3 Å². The first-order valence-corrected chi connectivity index (χ1v) is 9.58. The number of halogens is 1. The molecule has 0 saturated carbocycles. The topological polar surface area (TPSA) is 26.8 Å². The fraction of sp³-hybridized carbons (Fsp3) is 0.650. The summed E-state index contributed by atoms with van der Waals surface area (Å²) in [6.45, 7) is 11.4. The molecule has 0 unspecified atom stereocenters. The number of hydrogen-bond donors (Lipinski definition) is 0. The lowest BCUT2D eigenvalue weighted by Gasteiger charge is -2.34. The predicted molar refractivity (Wildman–Crippen MR) is 97.8 cm³/mol. The molecule has 1 aromatic rings. The Kier molecular flexibility index (Phi) is 6.07. The third kappa shape index (κ3) is 4.39. The minimum absolute atomic E-state index is 0.0140. The van der Waals surface area contributed by atoms with Gasteiger partial charge in [0.05, 0.1) is 6.04 Å². The summed E-state index contributed by atoms with van der Waals surface area (Å²) in [6.07, 6.45) is 1.55. The Bertz CT molecular complexity index is 586. The van der Waals surface area contributed by atoms with E-state index in [9.17, 15) is 9.18 Å². The number of amides is 1. The van der Waals surface area contributed by atoms with Gasteiger partial charge < -0.3 is 14.7 Å². The van der Waals surface area contributed by atoms with Crippen LogP contribution in [0, 0.1) is 11.7 Å². The number of carbonyl (C=O) groups excluding carboxylic acids is 1. The lowest BCUT2D eigenvalue weighted by Crippen LogP contribution is -2.47. The van der Waals surface area contributed by atoms with Crippen LogP contribution in [-0.2, 0) is 4.79 Å². The van der Waals surface area contributed by atoms with Gasteiger partial charge in [-0.2, -0.15) is 0 Å². The van der Waals surface area contributed by atoms with Gasteiger partial charge in [-0.25, -0.2) is 4.39 Å². The molecule has 0 aromatic heterocycles. The summed E-state index contributed by atoms with van der Waals surface area (Å²) in [5.41, 5.74) is 0.926. The van der Waals surface area contributed by atoms with Gasteiger partial charge >= 0.3 is 0 Å². The van der Waals surface area contributed by atoms with Crippen molar-refractivity contribution < 1.29 is 9.18 Å². The van der Waals surface area contributed by atoms with Crippen LogP contribution in [0.4, 0.5) is 4.39 Å². The van der Waals surface area contributed by atoms with Crippen LogP contribution in [0.5, 0.6) is 0 Å². The molecule has 2 fully saturated rings. The minimum atomic E-state index is -0.224. The normalized spacial score (nSPS) is 25.5. The molecule has 4 nitrogen and oxygen atoms in total. The van der Waals surface area contributed by atoms with Crippen LogP contribution in [0.25, 0.3) is 0 Å². The van der Waals surface area contributed by atoms with Crippen LogP contribution in [0.3, 0.4) is 0 Å². The summed E-state index contributed by atoms with van der Waals surface area (Å²) in [4.78, 5) is 19.6. The number of carbonyl (C=O) groups is 1. The van der Waals surface area contributed by atoms with Gasteiger partial charge in [-0.1, -0.05) is 26.0 Å². The Morgan fingerprint density at radius 2 is 1.88 bits per heavy atom. The molecule has 0 aliphatic carbocycles.